The van der Waals surface area contributed by atoms with Gasteiger partial charge in [0.05, 0.1) is 5.39 Å². The maximum Gasteiger partial charge on any atom is 0.140 e. The largest absolute Gasteiger partial charge is 0.356 e. The summed E-state index contributed by atoms with van der Waals surface area (Å²) in [5.41, 5.74) is 0. The fourth-order valence-corrected chi connectivity index (χ4v) is 3.84. The van der Waals surface area contributed by atoms with Crippen molar-refractivity contribution in [3.63, 3.8) is 0 Å². The van der Waals surface area contributed by atoms with Crippen molar-refractivity contribution in [2.45, 2.75) is 38.6 Å². The van der Waals surface area contributed by atoms with Gasteiger partial charge in [0.15, 0.2) is 0 Å². The first kappa shape index (κ1) is 13.8. The summed E-state index contributed by atoms with van der Waals surface area (Å²) < 4.78 is 0. The highest BCUT2D eigenvalue weighted by atomic mass is 32.1. The second-order valence-corrected chi connectivity index (χ2v) is 6.54. The molecule has 0 saturated carbocycles. The van der Waals surface area contributed by atoms with Crippen LogP contribution in [0.1, 0.15) is 31.1 Å². The van der Waals surface area contributed by atoms with Crippen LogP contribution in [0.15, 0.2) is 12.4 Å². The minimum atomic E-state index is 0.577. The van der Waals surface area contributed by atoms with E-state index in [0.717, 1.165) is 30.2 Å². The Bertz CT molecular complexity index is 572. The second-order valence-electron chi connectivity index (χ2n) is 5.43. The first-order valence-corrected chi connectivity index (χ1v) is 8.28. The zero-order valence-electron chi connectivity index (χ0n) is 12.2. The molecule has 1 atom stereocenters. The fraction of sp³-hybridized carbons (Fsp3) is 0.600. The highest BCUT2D eigenvalue weighted by Gasteiger charge is 2.20. The summed E-state index contributed by atoms with van der Waals surface area (Å²) in [5, 5.41) is 4.69. The summed E-state index contributed by atoms with van der Waals surface area (Å²) in [5.74, 6) is 1.10. The number of aryl methyl sites for hydroxylation is 1. The van der Waals surface area contributed by atoms with Crippen molar-refractivity contribution < 1.29 is 0 Å². The van der Waals surface area contributed by atoms with E-state index in [2.05, 4.69) is 40.2 Å². The van der Waals surface area contributed by atoms with Crippen molar-refractivity contribution >= 4 is 27.4 Å². The molecule has 0 radical (unpaired) electrons. The third kappa shape index (κ3) is 2.65. The lowest BCUT2D eigenvalue weighted by molar-refractivity contribution is 0.564. The molecule has 20 heavy (non-hydrogen) atoms. The van der Waals surface area contributed by atoms with Crippen LogP contribution in [0.3, 0.4) is 0 Å². The molecule has 1 saturated heterocycles. The van der Waals surface area contributed by atoms with E-state index in [4.69, 9.17) is 0 Å². The van der Waals surface area contributed by atoms with Gasteiger partial charge in [0.1, 0.15) is 17.0 Å². The first-order valence-electron chi connectivity index (χ1n) is 7.46. The van der Waals surface area contributed by atoms with Crippen molar-refractivity contribution in [3.05, 3.63) is 17.3 Å². The van der Waals surface area contributed by atoms with E-state index in [1.807, 2.05) is 0 Å². The molecule has 3 rings (SSSR count). The Morgan fingerprint density at radius 3 is 3.10 bits per heavy atom. The van der Waals surface area contributed by atoms with Gasteiger partial charge in [0.25, 0.3) is 0 Å². The van der Waals surface area contributed by atoms with Gasteiger partial charge in [-0.3, -0.25) is 0 Å². The third-order valence-corrected chi connectivity index (χ3v) is 5.32. The van der Waals surface area contributed by atoms with Gasteiger partial charge in [0.2, 0.25) is 0 Å². The lowest BCUT2D eigenvalue weighted by Gasteiger charge is -2.28. The molecule has 0 aromatic carbocycles. The molecule has 0 aliphatic carbocycles. The predicted molar refractivity (Wildman–Crippen MR) is 85.7 cm³/mol. The van der Waals surface area contributed by atoms with Crippen LogP contribution in [-0.4, -0.2) is 36.1 Å². The molecule has 1 N–H and O–H groups in total. The number of nitrogens with zero attached hydrogens (tertiary/aromatic N) is 3. The highest BCUT2D eigenvalue weighted by molar-refractivity contribution is 7.18. The zero-order valence-corrected chi connectivity index (χ0v) is 13.0. The van der Waals surface area contributed by atoms with Crippen molar-refractivity contribution in [1.29, 1.82) is 0 Å². The van der Waals surface area contributed by atoms with Crippen LogP contribution in [-0.2, 0) is 6.42 Å². The molecule has 0 spiro atoms. The molecule has 108 valence electrons. The van der Waals surface area contributed by atoms with Crippen molar-refractivity contribution in [1.82, 2.24) is 15.3 Å². The Labute approximate surface area is 124 Å². The summed E-state index contributed by atoms with van der Waals surface area (Å²) in [4.78, 5) is 13.9. The van der Waals surface area contributed by atoms with Crippen molar-refractivity contribution in [2.24, 2.45) is 0 Å². The van der Waals surface area contributed by atoms with Crippen LogP contribution in [0.5, 0.6) is 0 Å². The van der Waals surface area contributed by atoms with E-state index in [1.165, 1.54) is 29.5 Å². The van der Waals surface area contributed by atoms with E-state index >= 15 is 0 Å². The molecule has 5 heteroatoms. The Balaban J connectivity index is 1.93. The first-order chi connectivity index (χ1) is 9.79. The molecule has 4 nitrogen and oxygen atoms in total. The number of rotatable bonds is 3. The number of anilines is 1. The van der Waals surface area contributed by atoms with Crippen molar-refractivity contribution in [3.8, 4) is 0 Å². The van der Waals surface area contributed by atoms with Crippen molar-refractivity contribution in [2.75, 3.05) is 25.0 Å². The summed E-state index contributed by atoms with van der Waals surface area (Å²) >= 11 is 1.79. The maximum atomic E-state index is 4.56. The van der Waals surface area contributed by atoms with Gasteiger partial charge < -0.3 is 10.2 Å². The number of hydrogen-bond acceptors (Lipinski definition) is 5. The lowest BCUT2D eigenvalue weighted by Crippen LogP contribution is -2.33. The molecule has 0 amide bonds. The van der Waals surface area contributed by atoms with E-state index in [1.54, 1.807) is 17.7 Å². The molecular formula is C15H22N4S. The Morgan fingerprint density at radius 1 is 1.35 bits per heavy atom. The minimum absolute atomic E-state index is 0.577. The summed E-state index contributed by atoms with van der Waals surface area (Å²) in [6.45, 7) is 4.44. The van der Waals surface area contributed by atoms with Crippen LogP contribution >= 0.6 is 11.3 Å². The Morgan fingerprint density at radius 2 is 2.25 bits per heavy atom. The van der Waals surface area contributed by atoms with E-state index < -0.39 is 0 Å². The monoisotopic (exact) mass is 290 g/mol. The molecular weight excluding hydrogens is 268 g/mol. The molecule has 3 heterocycles. The predicted octanol–water partition coefficient (Wildman–Crippen LogP) is 2.83. The van der Waals surface area contributed by atoms with Gasteiger partial charge in [0, 0.05) is 18.0 Å². The molecule has 0 bridgehead atoms. The topological polar surface area (TPSA) is 41.0 Å². The molecule has 1 fully saturated rings. The van der Waals surface area contributed by atoms with Gasteiger partial charge in [-0.1, -0.05) is 6.92 Å². The number of fused-ring (bicyclic) bond motifs is 1. The average molecular weight is 290 g/mol. The van der Waals surface area contributed by atoms with E-state index in [-0.39, 0.29) is 0 Å². The molecule has 2 aromatic heterocycles. The quantitative estimate of drug-likeness (QED) is 0.944. The van der Waals surface area contributed by atoms with Gasteiger partial charge >= 0.3 is 0 Å². The van der Waals surface area contributed by atoms with E-state index in [9.17, 15) is 0 Å². The normalized spacial score (nSPS) is 20.0. The molecule has 2 aromatic rings. The number of hydrogen-bond donors (Lipinski definition) is 1. The van der Waals surface area contributed by atoms with Crippen LogP contribution in [0.2, 0.25) is 0 Å². The molecule has 1 unspecified atom stereocenters. The second kappa shape index (κ2) is 6.06. The smallest absolute Gasteiger partial charge is 0.140 e. The number of aromatic nitrogens is 2. The highest BCUT2D eigenvalue weighted by Crippen LogP contribution is 2.31. The molecule has 1 aliphatic rings. The number of thiophene rings is 1. The summed E-state index contributed by atoms with van der Waals surface area (Å²) in [6, 6.07) is 2.84. The standard InChI is InChI=1S/C15H22N4S/c1-3-12-9-13-14(17-10-18-15(13)20-12)19(2)11-5-4-7-16-8-6-11/h9-11,16H,3-8H2,1-2H3. The number of nitrogens with one attached hydrogen (secondary N) is 1. The zero-order chi connectivity index (χ0) is 13.9. The van der Waals surface area contributed by atoms with Gasteiger partial charge in [-0.2, -0.15) is 0 Å². The van der Waals surface area contributed by atoms with Crippen LogP contribution in [0.25, 0.3) is 10.2 Å². The Hall–Kier alpha value is -1.20. The van der Waals surface area contributed by atoms with Gasteiger partial charge in [-0.25, -0.2) is 9.97 Å². The fourth-order valence-electron chi connectivity index (χ4n) is 2.91. The van der Waals surface area contributed by atoms with Crippen LogP contribution in [0.4, 0.5) is 5.82 Å². The van der Waals surface area contributed by atoms with Gasteiger partial charge in [-0.05, 0) is 44.8 Å². The van der Waals surface area contributed by atoms with Crippen LogP contribution < -0.4 is 10.2 Å². The average Bonchev–Trinajstić information content (AvgIpc) is 2.71. The maximum absolute atomic E-state index is 4.56. The third-order valence-electron chi connectivity index (χ3n) is 4.13. The van der Waals surface area contributed by atoms with Gasteiger partial charge in [-0.15, -0.1) is 11.3 Å². The van der Waals surface area contributed by atoms with E-state index in [0.29, 0.717) is 6.04 Å². The van der Waals surface area contributed by atoms with Crippen LogP contribution in [0, 0.1) is 0 Å². The summed E-state index contributed by atoms with van der Waals surface area (Å²) in [7, 11) is 2.18. The lowest BCUT2D eigenvalue weighted by atomic mass is 10.1. The SMILES string of the molecule is CCc1cc2c(N(C)C3CCCNCC3)ncnc2s1. The molecule has 1 aliphatic heterocycles. The Kier molecular flexibility index (Phi) is 4.17. The minimum Gasteiger partial charge on any atom is -0.356 e. The summed E-state index contributed by atoms with van der Waals surface area (Å²) in [6.07, 6.45) is 6.44.